The van der Waals surface area contributed by atoms with Crippen molar-refractivity contribution < 1.29 is 18.7 Å². The SMILES string of the molecule is C=CC(=O)N1CCN(c2nc(OC[C@@H]3CCCN3C)nc3c2CC[C@@H](CCc2c(C)cccc2F)C3)C[C@@H]1COC. The highest BCUT2D eigenvalue weighted by atomic mass is 19.1. The van der Waals surface area contributed by atoms with Crippen molar-refractivity contribution in [2.75, 3.05) is 58.5 Å². The van der Waals surface area contributed by atoms with E-state index in [0.29, 0.717) is 50.8 Å². The molecule has 9 heteroatoms. The maximum absolute atomic E-state index is 14.5. The summed E-state index contributed by atoms with van der Waals surface area (Å²) in [6, 6.07) is 6.02. The van der Waals surface area contributed by atoms with E-state index < -0.39 is 0 Å². The lowest BCUT2D eigenvalue weighted by Gasteiger charge is -2.42. The molecule has 3 atom stereocenters. The molecule has 1 amide bonds. The number of likely N-dealkylation sites (N-methyl/N-ethyl adjacent to an activating group) is 1. The van der Waals surface area contributed by atoms with Crippen LogP contribution in [0.2, 0.25) is 0 Å². The molecule has 0 radical (unpaired) electrons. The molecule has 0 bridgehead atoms. The standard InChI is InChI=1S/C32H44FN5O3/c1-5-30(39)38-17-16-37(19-25(38)20-40-4)31-27-14-12-23(11-13-26-22(2)8-6-10-28(26)33)18-29(27)34-32(35-31)41-21-24-9-7-15-36(24)3/h5-6,8,10,23-25H,1,7,9,11-21H2,2-4H3/t23-,24+,25-/m1/s1. The number of anilines is 1. The molecule has 2 aromatic rings. The van der Waals surface area contributed by atoms with Crippen LogP contribution < -0.4 is 9.64 Å². The predicted octanol–water partition coefficient (Wildman–Crippen LogP) is 3.98. The Morgan fingerprint density at radius 2 is 2.02 bits per heavy atom. The molecule has 222 valence electrons. The minimum atomic E-state index is -0.113. The first-order chi connectivity index (χ1) is 19.9. The molecule has 0 saturated carbocycles. The summed E-state index contributed by atoms with van der Waals surface area (Å²) in [5.74, 6) is 1.15. The third kappa shape index (κ3) is 6.72. The van der Waals surface area contributed by atoms with Crippen molar-refractivity contribution in [2.24, 2.45) is 5.92 Å². The number of piperazine rings is 1. The number of methoxy groups -OCH3 is 1. The zero-order chi connectivity index (χ0) is 28.9. The van der Waals surface area contributed by atoms with Gasteiger partial charge in [0, 0.05) is 38.3 Å². The quantitative estimate of drug-likeness (QED) is 0.404. The van der Waals surface area contributed by atoms with Crippen LogP contribution in [0.3, 0.4) is 0 Å². The Morgan fingerprint density at radius 3 is 2.76 bits per heavy atom. The van der Waals surface area contributed by atoms with Gasteiger partial charge in [0.2, 0.25) is 5.91 Å². The summed E-state index contributed by atoms with van der Waals surface area (Å²) in [6.45, 7) is 9.63. The van der Waals surface area contributed by atoms with Crippen molar-refractivity contribution >= 4 is 11.7 Å². The van der Waals surface area contributed by atoms with Crippen LogP contribution in [0, 0.1) is 18.7 Å². The molecular weight excluding hydrogens is 521 g/mol. The summed E-state index contributed by atoms with van der Waals surface area (Å²) in [7, 11) is 3.80. The largest absolute Gasteiger partial charge is 0.462 e. The summed E-state index contributed by atoms with van der Waals surface area (Å²) >= 11 is 0. The van der Waals surface area contributed by atoms with Crippen LogP contribution in [-0.4, -0.2) is 91.3 Å². The topological polar surface area (TPSA) is 71.0 Å². The van der Waals surface area contributed by atoms with Crippen molar-refractivity contribution in [3.05, 3.63) is 59.1 Å². The molecule has 2 aliphatic heterocycles. The number of ether oxygens (including phenoxy) is 2. The van der Waals surface area contributed by atoms with E-state index in [9.17, 15) is 9.18 Å². The molecule has 3 heterocycles. The lowest BCUT2D eigenvalue weighted by atomic mass is 9.83. The molecule has 41 heavy (non-hydrogen) atoms. The molecule has 2 fully saturated rings. The number of rotatable bonds is 10. The number of aromatic nitrogens is 2. The lowest BCUT2D eigenvalue weighted by molar-refractivity contribution is -0.129. The number of fused-ring (bicyclic) bond motifs is 1. The predicted molar refractivity (Wildman–Crippen MR) is 158 cm³/mol. The minimum Gasteiger partial charge on any atom is -0.462 e. The van der Waals surface area contributed by atoms with Gasteiger partial charge in [0.1, 0.15) is 18.2 Å². The minimum absolute atomic E-state index is 0.0750. The maximum Gasteiger partial charge on any atom is 0.318 e. The lowest BCUT2D eigenvalue weighted by Crippen LogP contribution is -2.57. The molecular formula is C32H44FN5O3. The summed E-state index contributed by atoms with van der Waals surface area (Å²) in [4.78, 5) is 28.9. The van der Waals surface area contributed by atoms with Gasteiger partial charge in [-0.1, -0.05) is 18.7 Å². The van der Waals surface area contributed by atoms with Crippen LogP contribution in [0.15, 0.2) is 30.9 Å². The number of halogens is 1. The second-order valence-corrected chi connectivity index (χ2v) is 11.8. The molecule has 0 unspecified atom stereocenters. The number of carbonyl (C=O) groups is 1. The van der Waals surface area contributed by atoms with Crippen molar-refractivity contribution in [1.82, 2.24) is 19.8 Å². The normalized spacial score (nSPS) is 23.0. The third-order valence-corrected chi connectivity index (χ3v) is 9.17. The van der Waals surface area contributed by atoms with E-state index in [4.69, 9.17) is 19.4 Å². The second kappa shape index (κ2) is 13.3. The van der Waals surface area contributed by atoms with E-state index in [1.807, 2.05) is 17.9 Å². The zero-order valence-electron chi connectivity index (χ0n) is 24.8. The fourth-order valence-corrected chi connectivity index (χ4v) is 6.70. The molecule has 1 aromatic carbocycles. The number of benzene rings is 1. The highest BCUT2D eigenvalue weighted by molar-refractivity contribution is 5.87. The van der Waals surface area contributed by atoms with Crippen LogP contribution in [0.25, 0.3) is 0 Å². The Bertz CT molecular complexity index is 1220. The van der Waals surface area contributed by atoms with E-state index in [-0.39, 0.29) is 17.8 Å². The van der Waals surface area contributed by atoms with Crippen LogP contribution >= 0.6 is 0 Å². The number of nitrogens with zero attached hydrogens (tertiary/aromatic N) is 5. The van der Waals surface area contributed by atoms with Crippen molar-refractivity contribution in [3.63, 3.8) is 0 Å². The zero-order valence-corrected chi connectivity index (χ0v) is 24.8. The number of aryl methyl sites for hydroxylation is 1. The average molecular weight is 566 g/mol. The van der Waals surface area contributed by atoms with Gasteiger partial charge in [0.15, 0.2) is 0 Å². The van der Waals surface area contributed by atoms with Crippen LogP contribution in [-0.2, 0) is 28.8 Å². The Hall–Kier alpha value is -3.04. The first-order valence-corrected chi connectivity index (χ1v) is 15.0. The number of carbonyl (C=O) groups excluding carboxylic acids is 1. The number of likely N-dealkylation sites (tertiary alicyclic amines) is 1. The van der Waals surface area contributed by atoms with E-state index in [0.717, 1.165) is 67.7 Å². The van der Waals surface area contributed by atoms with Gasteiger partial charge < -0.3 is 24.2 Å². The van der Waals surface area contributed by atoms with Crippen LogP contribution in [0.4, 0.5) is 10.2 Å². The molecule has 3 aliphatic rings. The third-order valence-electron chi connectivity index (χ3n) is 9.17. The van der Waals surface area contributed by atoms with Crippen molar-refractivity contribution in [1.29, 1.82) is 0 Å². The molecule has 5 rings (SSSR count). The fourth-order valence-electron chi connectivity index (χ4n) is 6.70. The maximum atomic E-state index is 14.5. The first-order valence-electron chi connectivity index (χ1n) is 15.0. The molecule has 2 saturated heterocycles. The molecule has 1 aromatic heterocycles. The number of hydrogen-bond donors (Lipinski definition) is 0. The van der Waals surface area contributed by atoms with Crippen LogP contribution in [0.5, 0.6) is 6.01 Å². The van der Waals surface area contributed by atoms with Gasteiger partial charge in [0.05, 0.1) is 18.3 Å². The Morgan fingerprint density at radius 1 is 1.17 bits per heavy atom. The highest BCUT2D eigenvalue weighted by Crippen LogP contribution is 2.35. The van der Waals surface area contributed by atoms with Crippen LogP contribution in [0.1, 0.15) is 48.1 Å². The molecule has 0 spiro atoms. The monoisotopic (exact) mass is 565 g/mol. The second-order valence-electron chi connectivity index (χ2n) is 11.8. The summed E-state index contributed by atoms with van der Waals surface area (Å²) in [5.41, 5.74) is 4.05. The average Bonchev–Trinajstić information content (AvgIpc) is 3.39. The molecule has 1 aliphatic carbocycles. The van der Waals surface area contributed by atoms with Gasteiger partial charge in [0.25, 0.3) is 0 Å². The van der Waals surface area contributed by atoms with Gasteiger partial charge in [-0.05, 0) is 94.6 Å². The fraction of sp³-hybridized carbons (Fsp3) is 0.594. The first kappa shape index (κ1) is 29.5. The van der Waals surface area contributed by atoms with E-state index in [2.05, 4.69) is 23.4 Å². The van der Waals surface area contributed by atoms with E-state index in [1.165, 1.54) is 18.1 Å². The number of hydrogen-bond acceptors (Lipinski definition) is 7. The summed E-state index contributed by atoms with van der Waals surface area (Å²) in [6.07, 6.45) is 8.03. The summed E-state index contributed by atoms with van der Waals surface area (Å²) < 4.78 is 26.2. The van der Waals surface area contributed by atoms with Gasteiger partial charge in [-0.25, -0.2) is 4.39 Å². The van der Waals surface area contributed by atoms with Crippen molar-refractivity contribution in [2.45, 2.75) is 64.0 Å². The van der Waals surface area contributed by atoms with Crippen molar-refractivity contribution in [3.8, 4) is 6.01 Å². The van der Waals surface area contributed by atoms with Gasteiger partial charge in [-0.2, -0.15) is 9.97 Å². The Kier molecular flexibility index (Phi) is 9.55. The smallest absolute Gasteiger partial charge is 0.318 e. The Labute approximate surface area is 243 Å². The Balaban J connectivity index is 1.37. The van der Waals surface area contributed by atoms with Gasteiger partial charge in [-0.15, -0.1) is 0 Å². The summed E-state index contributed by atoms with van der Waals surface area (Å²) in [5, 5.41) is 0. The van der Waals surface area contributed by atoms with Gasteiger partial charge >= 0.3 is 6.01 Å². The van der Waals surface area contributed by atoms with E-state index in [1.54, 1.807) is 19.2 Å². The molecule has 0 N–H and O–H groups in total. The highest BCUT2D eigenvalue weighted by Gasteiger charge is 2.34. The number of amides is 1. The van der Waals surface area contributed by atoms with Gasteiger partial charge in [-0.3, -0.25) is 4.79 Å². The van der Waals surface area contributed by atoms with E-state index >= 15 is 0 Å². The molecule has 8 nitrogen and oxygen atoms in total.